The molecule has 2 aromatic rings. The van der Waals surface area contributed by atoms with E-state index in [4.69, 9.17) is 16.3 Å². The van der Waals surface area contributed by atoms with Crippen molar-refractivity contribution in [2.45, 2.75) is 46.4 Å². The first kappa shape index (κ1) is 22.4. The van der Waals surface area contributed by atoms with Crippen molar-refractivity contribution in [1.82, 2.24) is 9.13 Å². The van der Waals surface area contributed by atoms with Gasteiger partial charge in [0.15, 0.2) is 5.78 Å². The highest BCUT2D eigenvalue weighted by molar-refractivity contribution is 6.31. The lowest BCUT2D eigenvalue weighted by molar-refractivity contribution is 0.0634. The molecule has 1 heterocycles. The third kappa shape index (κ3) is 5.35. The second kappa shape index (κ2) is 9.09. The van der Waals surface area contributed by atoms with E-state index in [-0.39, 0.29) is 24.5 Å². The first-order valence-electron chi connectivity index (χ1n) is 9.09. The van der Waals surface area contributed by atoms with Crippen LogP contribution in [0.3, 0.4) is 0 Å². The molecule has 156 valence electrons. The smallest absolute Gasteiger partial charge is 0.413 e. The van der Waals surface area contributed by atoms with Crippen LogP contribution in [0.2, 0.25) is 0 Å². The zero-order valence-corrected chi connectivity index (χ0v) is 17.6. The number of carbonyl (C=O) groups excluding carboxylic acids is 2. The van der Waals surface area contributed by atoms with Gasteiger partial charge < -0.3 is 4.74 Å². The summed E-state index contributed by atoms with van der Waals surface area (Å²) in [5, 5.41) is 2.41. The summed E-state index contributed by atoms with van der Waals surface area (Å²) in [6.07, 6.45) is -0.893. The molecule has 0 aliphatic rings. The minimum absolute atomic E-state index is 0.0354. The number of nitrogens with zero attached hydrogens (tertiary/aromatic N) is 2. The predicted molar refractivity (Wildman–Crippen MR) is 111 cm³/mol. The molecule has 0 radical (unpaired) electrons. The van der Waals surface area contributed by atoms with Crippen LogP contribution in [0.15, 0.2) is 39.9 Å². The summed E-state index contributed by atoms with van der Waals surface area (Å²) >= 11 is 5.69. The van der Waals surface area contributed by atoms with Crippen LogP contribution < -0.4 is 16.6 Å². The standard InChI is InChI=1S/C20H24ClN3O5/c1-5-23-17(26)15(14(25)11-21)16(22-18(27)29-20(2,3)4)24(19(23)28)12-13-9-7-6-8-10-13/h6-10H,5,11-12H2,1-4H3,(H,22,27). The molecule has 0 bridgehead atoms. The Balaban J connectivity index is 2.74. The third-order valence-corrected chi connectivity index (χ3v) is 4.19. The highest BCUT2D eigenvalue weighted by atomic mass is 35.5. The Morgan fingerprint density at radius 3 is 2.24 bits per heavy atom. The Morgan fingerprint density at radius 2 is 1.72 bits per heavy atom. The monoisotopic (exact) mass is 421 g/mol. The third-order valence-electron chi connectivity index (χ3n) is 3.95. The topological polar surface area (TPSA) is 99.4 Å². The number of ether oxygens (including phenoxy) is 1. The Morgan fingerprint density at radius 1 is 1.10 bits per heavy atom. The number of anilines is 1. The Kier molecular flexibility index (Phi) is 7.02. The van der Waals surface area contributed by atoms with Gasteiger partial charge in [-0.2, -0.15) is 0 Å². The van der Waals surface area contributed by atoms with Crippen molar-refractivity contribution in [2.75, 3.05) is 11.2 Å². The van der Waals surface area contributed by atoms with Gasteiger partial charge in [-0.1, -0.05) is 30.3 Å². The van der Waals surface area contributed by atoms with E-state index in [1.807, 2.05) is 6.07 Å². The van der Waals surface area contributed by atoms with E-state index in [9.17, 15) is 19.2 Å². The van der Waals surface area contributed by atoms with Crippen LogP contribution in [-0.2, 0) is 17.8 Å². The van der Waals surface area contributed by atoms with Crippen molar-refractivity contribution in [1.29, 1.82) is 0 Å². The number of aromatic nitrogens is 2. The van der Waals surface area contributed by atoms with Crippen LogP contribution in [0.1, 0.15) is 43.6 Å². The zero-order chi connectivity index (χ0) is 21.8. The minimum Gasteiger partial charge on any atom is -0.444 e. The number of hydrogen-bond acceptors (Lipinski definition) is 5. The molecular formula is C20H24ClN3O5. The predicted octanol–water partition coefficient (Wildman–Crippen LogP) is 2.85. The summed E-state index contributed by atoms with van der Waals surface area (Å²) in [5.74, 6) is -1.41. The van der Waals surface area contributed by atoms with Crippen LogP contribution in [-0.4, -0.2) is 32.5 Å². The molecule has 0 fully saturated rings. The molecule has 1 amide bonds. The molecule has 0 saturated carbocycles. The van der Waals surface area contributed by atoms with Crippen LogP contribution in [0.5, 0.6) is 0 Å². The number of Topliss-reactive ketones (excluding diaryl/α,β-unsaturated/α-hetero) is 1. The summed E-state index contributed by atoms with van der Waals surface area (Å²) in [5.41, 5.74) is -1.89. The molecule has 9 heteroatoms. The second-order valence-electron chi connectivity index (χ2n) is 7.31. The highest BCUT2D eigenvalue weighted by Crippen LogP contribution is 2.16. The fraction of sp³-hybridized carbons (Fsp3) is 0.400. The first-order valence-corrected chi connectivity index (χ1v) is 9.63. The number of ketones is 1. The number of alkyl halides is 1. The fourth-order valence-corrected chi connectivity index (χ4v) is 2.87. The van der Waals surface area contributed by atoms with E-state index in [1.54, 1.807) is 52.0 Å². The van der Waals surface area contributed by atoms with Gasteiger partial charge in [0.2, 0.25) is 0 Å². The molecule has 0 unspecified atom stereocenters. The normalized spacial score (nSPS) is 11.2. The molecule has 0 aliphatic heterocycles. The summed E-state index contributed by atoms with van der Waals surface area (Å²) in [6, 6.07) is 8.98. The number of nitrogens with one attached hydrogen (secondary N) is 1. The maximum Gasteiger partial charge on any atom is 0.413 e. The Hall–Kier alpha value is -2.87. The molecule has 0 saturated heterocycles. The maximum absolute atomic E-state index is 13.0. The van der Waals surface area contributed by atoms with Crippen LogP contribution >= 0.6 is 11.6 Å². The van der Waals surface area contributed by atoms with Crippen molar-refractivity contribution < 1.29 is 14.3 Å². The van der Waals surface area contributed by atoms with Crippen LogP contribution in [0.4, 0.5) is 10.6 Å². The van der Waals surface area contributed by atoms with Crippen molar-refractivity contribution in [3.8, 4) is 0 Å². The lowest BCUT2D eigenvalue weighted by atomic mass is 10.2. The molecule has 0 atom stereocenters. The van der Waals surface area contributed by atoms with Crippen molar-refractivity contribution in [2.24, 2.45) is 0 Å². The van der Waals surface area contributed by atoms with Gasteiger partial charge in [-0.15, -0.1) is 11.6 Å². The van der Waals surface area contributed by atoms with Gasteiger partial charge in [0.1, 0.15) is 17.0 Å². The highest BCUT2D eigenvalue weighted by Gasteiger charge is 2.26. The molecule has 2 rings (SSSR count). The average molecular weight is 422 g/mol. The Bertz CT molecular complexity index is 1020. The lowest BCUT2D eigenvalue weighted by Crippen LogP contribution is -2.45. The van der Waals surface area contributed by atoms with E-state index in [1.165, 1.54) is 4.57 Å². The lowest BCUT2D eigenvalue weighted by Gasteiger charge is -2.22. The van der Waals surface area contributed by atoms with Gasteiger partial charge in [-0.3, -0.25) is 24.0 Å². The number of rotatable bonds is 6. The number of benzene rings is 1. The van der Waals surface area contributed by atoms with Gasteiger partial charge >= 0.3 is 11.8 Å². The van der Waals surface area contributed by atoms with E-state index in [2.05, 4.69) is 5.32 Å². The van der Waals surface area contributed by atoms with E-state index in [0.29, 0.717) is 0 Å². The fourth-order valence-electron chi connectivity index (χ4n) is 2.74. The molecule has 8 nitrogen and oxygen atoms in total. The van der Waals surface area contributed by atoms with Gasteiger partial charge in [0.05, 0.1) is 12.4 Å². The quantitative estimate of drug-likeness (QED) is 0.571. The Labute approximate surface area is 173 Å². The van der Waals surface area contributed by atoms with Gasteiger partial charge in [-0.25, -0.2) is 9.59 Å². The van der Waals surface area contributed by atoms with E-state index < -0.39 is 34.6 Å². The summed E-state index contributed by atoms with van der Waals surface area (Å²) in [7, 11) is 0. The van der Waals surface area contributed by atoms with Crippen molar-refractivity contribution >= 4 is 29.3 Å². The largest absolute Gasteiger partial charge is 0.444 e. The van der Waals surface area contributed by atoms with Crippen LogP contribution in [0.25, 0.3) is 0 Å². The number of amides is 1. The molecule has 0 spiro atoms. The van der Waals surface area contributed by atoms with E-state index >= 15 is 0 Å². The molecule has 0 aliphatic carbocycles. The van der Waals surface area contributed by atoms with Crippen molar-refractivity contribution in [3.05, 3.63) is 62.3 Å². The first-order chi connectivity index (χ1) is 13.6. The molecule has 1 aromatic heterocycles. The van der Waals surface area contributed by atoms with Crippen LogP contribution in [0, 0.1) is 0 Å². The SMILES string of the molecule is CCn1c(=O)c(C(=O)CCl)c(NC(=O)OC(C)(C)C)n(Cc2ccccc2)c1=O. The summed E-state index contributed by atoms with van der Waals surface area (Å²) < 4.78 is 7.34. The maximum atomic E-state index is 13.0. The van der Waals surface area contributed by atoms with Gasteiger partial charge in [-0.05, 0) is 33.3 Å². The molecule has 29 heavy (non-hydrogen) atoms. The minimum atomic E-state index is -0.893. The second-order valence-corrected chi connectivity index (χ2v) is 7.58. The summed E-state index contributed by atoms with van der Waals surface area (Å²) in [6.45, 7) is 6.72. The zero-order valence-electron chi connectivity index (χ0n) is 16.8. The van der Waals surface area contributed by atoms with E-state index in [0.717, 1.165) is 10.1 Å². The molecular weight excluding hydrogens is 398 g/mol. The molecule has 1 aromatic carbocycles. The number of carbonyl (C=O) groups is 2. The number of hydrogen-bond donors (Lipinski definition) is 1. The van der Waals surface area contributed by atoms with Gasteiger partial charge in [0.25, 0.3) is 5.56 Å². The van der Waals surface area contributed by atoms with Gasteiger partial charge in [0, 0.05) is 6.54 Å². The number of halogens is 1. The average Bonchev–Trinajstić information content (AvgIpc) is 2.64. The molecule has 1 N–H and O–H groups in total. The summed E-state index contributed by atoms with van der Waals surface area (Å²) in [4.78, 5) is 50.6. The van der Waals surface area contributed by atoms with Crippen molar-refractivity contribution in [3.63, 3.8) is 0 Å².